The third-order valence-electron chi connectivity index (χ3n) is 6.26. The predicted molar refractivity (Wildman–Crippen MR) is 140 cm³/mol. The molecule has 5 rings (SSSR count). The Morgan fingerprint density at radius 3 is 2.77 bits per heavy atom. The molecule has 7 nitrogen and oxygen atoms in total. The maximum atomic E-state index is 9.56. The van der Waals surface area contributed by atoms with Gasteiger partial charge >= 0.3 is 0 Å². The molecular weight excluding hydrogens is 436 g/mol. The monoisotopic (exact) mass is 468 g/mol. The summed E-state index contributed by atoms with van der Waals surface area (Å²) >= 11 is 0. The lowest BCUT2D eigenvalue weighted by molar-refractivity contribution is 0.338. The molecule has 0 bridgehead atoms. The number of piperidine rings is 1. The summed E-state index contributed by atoms with van der Waals surface area (Å²) in [6.07, 6.45) is 7.58. The van der Waals surface area contributed by atoms with Crippen molar-refractivity contribution in [1.82, 2.24) is 19.9 Å². The number of fused-ring (bicyclic) bond motifs is 1. The lowest BCUT2D eigenvalue weighted by Gasteiger charge is -2.34. The van der Waals surface area contributed by atoms with Crippen LogP contribution in [0, 0.1) is 11.3 Å². The zero-order valence-corrected chi connectivity index (χ0v) is 19.3. The fraction of sp³-hybridized carbons (Fsp3) is 0.321. The molecule has 0 aliphatic carbocycles. The zero-order chi connectivity index (χ0) is 23.3. The van der Waals surface area contributed by atoms with E-state index in [2.05, 4.69) is 57.8 Å². The Labute approximate surface area is 207 Å². The number of pyridine rings is 2. The van der Waals surface area contributed by atoms with E-state index in [1.807, 2.05) is 25.3 Å². The second-order valence-corrected chi connectivity index (χ2v) is 8.54. The minimum atomic E-state index is 0. The Kier molecular flexibility index (Phi) is 7.64. The van der Waals surface area contributed by atoms with Crippen molar-refractivity contribution in [3.8, 4) is 22.9 Å². The van der Waals surface area contributed by atoms with Crippen LogP contribution in [0.4, 0.5) is 5.82 Å². The van der Waals surface area contributed by atoms with Gasteiger partial charge in [0.1, 0.15) is 17.6 Å². The highest BCUT2D eigenvalue weighted by Crippen LogP contribution is 2.31. The fourth-order valence-corrected chi connectivity index (χ4v) is 4.59. The molecule has 1 N–H and O–H groups in total. The minimum absolute atomic E-state index is 0. The summed E-state index contributed by atoms with van der Waals surface area (Å²) in [6.45, 7) is 5.32. The lowest BCUT2D eigenvalue weighted by Crippen LogP contribution is -2.45. The van der Waals surface area contributed by atoms with Crippen molar-refractivity contribution >= 4 is 11.3 Å². The molecule has 0 unspecified atom stereocenters. The van der Waals surface area contributed by atoms with Crippen molar-refractivity contribution in [3.63, 3.8) is 0 Å². The van der Waals surface area contributed by atoms with Crippen LogP contribution >= 0.6 is 0 Å². The van der Waals surface area contributed by atoms with E-state index in [0.29, 0.717) is 24.0 Å². The summed E-state index contributed by atoms with van der Waals surface area (Å²) in [7, 11) is 0. The van der Waals surface area contributed by atoms with Crippen LogP contribution < -0.4 is 15.0 Å². The van der Waals surface area contributed by atoms with Crippen molar-refractivity contribution < 1.29 is 4.74 Å². The summed E-state index contributed by atoms with van der Waals surface area (Å²) in [5.74, 6) is 1.69. The van der Waals surface area contributed by atoms with Crippen LogP contribution in [0.1, 0.15) is 38.3 Å². The maximum absolute atomic E-state index is 9.56. The smallest absolute Gasteiger partial charge is 0.138 e. The zero-order valence-electron chi connectivity index (χ0n) is 19.3. The van der Waals surface area contributed by atoms with Gasteiger partial charge in [0.05, 0.1) is 30.1 Å². The van der Waals surface area contributed by atoms with E-state index in [1.165, 1.54) is 12.0 Å². The van der Waals surface area contributed by atoms with Gasteiger partial charge in [-0.05, 0) is 43.5 Å². The van der Waals surface area contributed by atoms with E-state index in [9.17, 15) is 5.26 Å². The van der Waals surface area contributed by atoms with Crippen LogP contribution in [0.3, 0.4) is 0 Å². The molecule has 1 aliphatic heterocycles. The maximum Gasteiger partial charge on any atom is 0.138 e. The van der Waals surface area contributed by atoms with Crippen molar-refractivity contribution in [2.24, 2.45) is 0 Å². The quantitative estimate of drug-likeness (QED) is 0.408. The van der Waals surface area contributed by atoms with E-state index in [-0.39, 0.29) is 7.43 Å². The highest BCUT2D eigenvalue weighted by molar-refractivity contribution is 5.85. The van der Waals surface area contributed by atoms with E-state index in [1.54, 1.807) is 16.9 Å². The number of nitriles is 1. The number of nitrogens with one attached hydrogen (secondary N) is 1. The van der Waals surface area contributed by atoms with Crippen LogP contribution in [0.25, 0.3) is 16.6 Å². The van der Waals surface area contributed by atoms with Crippen LogP contribution in [0.2, 0.25) is 0 Å². The van der Waals surface area contributed by atoms with Crippen LogP contribution in [0.15, 0.2) is 67.1 Å². The van der Waals surface area contributed by atoms with Crippen molar-refractivity contribution in [1.29, 1.82) is 5.26 Å². The molecule has 3 aromatic heterocycles. The van der Waals surface area contributed by atoms with Crippen molar-refractivity contribution in [3.05, 3.63) is 78.2 Å². The molecule has 0 saturated carbocycles. The number of hydrogen-bond donors (Lipinski definition) is 1. The van der Waals surface area contributed by atoms with Gasteiger partial charge in [0.15, 0.2) is 0 Å². The first-order valence-electron chi connectivity index (χ1n) is 11.8. The minimum Gasteiger partial charge on any atom is -0.492 e. The van der Waals surface area contributed by atoms with Gasteiger partial charge in [-0.15, -0.1) is 0 Å². The third kappa shape index (κ3) is 5.28. The van der Waals surface area contributed by atoms with E-state index in [0.717, 1.165) is 48.5 Å². The van der Waals surface area contributed by atoms with Gasteiger partial charge in [-0.25, -0.2) is 9.50 Å². The third-order valence-corrected chi connectivity index (χ3v) is 6.26. The van der Waals surface area contributed by atoms with Gasteiger partial charge in [-0.1, -0.05) is 37.8 Å². The largest absolute Gasteiger partial charge is 0.492 e. The fourth-order valence-electron chi connectivity index (χ4n) is 4.59. The number of nitrogens with zero attached hydrogens (tertiary/aromatic N) is 5. The molecular formula is C28H32N6O. The Morgan fingerprint density at radius 2 is 2.03 bits per heavy atom. The van der Waals surface area contributed by atoms with E-state index in [4.69, 9.17) is 9.72 Å². The van der Waals surface area contributed by atoms with Gasteiger partial charge in [-0.3, -0.25) is 0 Å². The average molecular weight is 469 g/mol. The summed E-state index contributed by atoms with van der Waals surface area (Å²) in [4.78, 5) is 7.15. The van der Waals surface area contributed by atoms with Crippen LogP contribution in [-0.4, -0.2) is 40.3 Å². The number of benzene rings is 1. The molecule has 7 heteroatoms. The molecule has 1 atom stereocenters. The molecule has 1 aromatic carbocycles. The second kappa shape index (κ2) is 11.0. The van der Waals surface area contributed by atoms with E-state index >= 15 is 0 Å². The number of anilines is 1. The topological polar surface area (TPSA) is 78.5 Å². The van der Waals surface area contributed by atoms with Crippen LogP contribution in [0.5, 0.6) is 5.75 Å². The molecule has 35 heavy (non-hydrogen) atoms. The molecule has 1 fully saturated rings. The predicted octanol–water partition coefficient (Wildman–Crippen LogP) is 5.06. The summed E-state index contributed by atoms with van der Waals surface area (Å²) in [5.41, 5.74) is 4.43. The molecule has 0 amide bonds. The number of aromatic nitrogens is 3. The Hall–Kier alpha value is -3.89. The highest BCUT2D eigenvalue weighted by Gasteiger charge is 2.21. The normalized spacial score (nSPS) is 15.4. The summed E-state index contributed by atoms with van der Waals surface area (Å²) in [5, 5.41) is 17.6. The summed E-state index contributed by atoms with van der Waals surface area (Å²) < 4.78 is 7.43. The Balaban J connectivity index is 0.00000289. The Bertz CT molecular complexity index is 1290. The van der Waals surface area contributed by atoms with Gasteiger partial charge in [0.2, 0.25) is 0 Å². The number of ether oxygens (including phenoxy) is 1. The first-order chi connectivity index (χ1) is 16.7. The average Bonchev–Trinajstić information content (AvgIpc) is 3.31. The summed E-state index contributed by atoms with van der Waals surface area (Å²) in [6, 6.07) is 19.3. The van der Waals surface area contributed by atoms with Crippen molar-refractivity contribution in [2.45, 2.75) is 39.8 Å². The molecule has 4 heterocycles. The van der Waals surface area contributed by atoms with Gasteiger partial charge in [-0.2, -0.15) is 10.4 Å². The standard InChI is InChI=1S/C27H28N6O.CH4/c1-2-34-24-13-25(27-22(14-28)17-31-33(27)19-24)21-10-11-26(30-16-21)32-12-6-9-23(18-32)29-15-20-7-4-3-5-8-20;/h3-5,7-8,10-11,13,16-17,19,23,29H,2,6,9,12,15,18H2,1H3;1H4/t23-;/m1./s1. The molecule has 1 saturated heterocycles. The first kappa shape index (κ1) is 24.2. The lowest BCUT2D eigenvalue weighted by atomic mass is 10.0. The number of hydrogen-bond acceptors (Lipinski definition) is 6. The second-order valence-electron chi connectivity index (χ2n) is 8.54. The van der Waals surface area contributed by atoms with Crippen molar-refractivity contribution in [2.75, 3.05) is 24.6 Å². The molecule has 4 aromatic rings. The molecule has 1 aliphatic rings. The Morgan fingerprint density at radius 1 is 1.17 bits per heavy atom. The SMILES string of the molecule is C.CCOc1cc(-c2ccc(N3CCC[C@@H](NCc4ccccc4)C3)nc2)c2c(C#N)cnn2c1. The van der Waals surface area contributed by atoms with Gasteiger partial charge < -0.3 is 15.0 Å². The highest BCUT2D eigenvalue weighted by atomic mass is 16.5. The first-order valence-corrected chi connectivity index (χ1v) is 11.8. The molecule has 180 valence electrons. The van der Waals surface area contributed by atoms with E-state index < -0.39 is 0 Å². The molecule has 0 radical (unpaired) electrons. The number of rotatable bonds is 7. The van der Waals surface area contributed by atoms with Crippen LogP contribution in [-0.2, 0) is 6.54 Å². The van der Waals surface area contributed by atoms with Gasteiger partial charge in [0.25, 0.3) is 0 Å². The van der Waals surface area contributed by atoms with Gasteiger partial charge in [0, 0.05) is 43.0 Å². The molecule has 0 spiro atoms.